The highest BCUT2D eigenvalue weighted by Crippen LogP contribution is 2.13. The Hall–Kier alpha value is -0.580. The molecule has 0 amide bonds. The van der Waals surface area contributed by atoms with E-state index in [1.165, 1.54) is 0 Å². The summed E-state index contributed by atoms with van der Waals surface area (Å²) in [4.78, 5) is 0. The minimum absolute atomic E-state index is 0.633. The fraction of sp³-hybridized carbons (Fsp3) is 0.455. The van der Waals surface area contributed by atoms with Gasteiger partial charge in [0.1, 0.15) is 5.76 Å². The molecule has 0 radical (unpaired) electrons. The molecule has 0 unspecified atom stereocenters. The summed E-state index contributed by atoms with van der Waals surface area (Å²) in [5.74, 6) is 0.918. The lowest BCUT2D eigenvalue weighted by Gasteiger charge is -2.04. The number of hydrogen-bond donors (Lipinski definition) is 1. The Labute approximate surface area is 98.6 Å². The summed E-state index contributed by atoms with van der Waals surface area (Å²) in [5, 5.41) is 3.22. The van der Waals surface area contributed by atoms with Crippen LogP contribution in [-0.4, -0.2) is 19.8 Å². The molecule has 0 aliphatic rings. The van der Waals surface area contributed by atoms with Gasteiger partial charge in [-0.1, -0.05) is 12.2 Å². The van der Waals surface area contributed by atoms with Crippen LogP contribution in [-0.2, 0) is 11.3 Å². The average molecular weight is 274 g/mol. The second-order valence-electron chi connectivity index (χ2n) is 3.39. The summed E-state index contributed by atoms with van der Waals surface area (Å²) in [7, 11) is 0. The molecule has 0 atom stereocenters. The molecule has 1 N–H and O–H groups in total. The summed E-state index contributed by atoms with van der Waals surface area (Å²) >= 11 is 3.25. The third-order valence-electron chi connectivity index (χ3n) is 1.70. The Morgan fingerprint density at radius 2 is 2.40 bits per heavy atom. The Balaban J connectivity index is 2.00. The van der Waals surface area contributed by atoms with Gasteiger partial charge in [-0.15, -0.1) is 0 Å². The van der Waals surface area contributed by atoms with Crippen molar-refractivity contribution >= 4 is 15.9 Å². The van der Waals surface area contributed by atoms with Gasteiger partial charge >= 0.3 is 0 Å². The van der Waals surface area contributed by atoms with Gasteiger partial charge in [0.25, 0.3) is 0 Å². The molecule has 0 spiro atoms. The number of furan rings is 1. The van der Waals surface area contributed by atoms with Gasteiger partial charge < -0.3 is 14.5 Å². The lowest BCUT2D eigenvalue weighted by Crippen LogP contribution is -2.19. The molecule has 0 fully saturated rings. The topological polar surface area (TPSA) is 34.4 Å². The Bertz CT molecular complexity index is 309. The van der Waals surface area contributed by atoms with Crippen molar-refractivity contribution in [2.75, 3.05) is 19.8 Å². The number of hydrogen-bond acceptors (Lipinski definition) is 3. The quantitative estimate of drug-likeness (QED) is 0.613. The van der Waals surface area contributed by atoms with Crippen LogP contribution in [0.1, 0.15) is 12.7 Å². The molecule has 0 saturated carbocycles. The first-order valence-corrected chi connectivity index (χ1v) is 5.65. The van der Waals surface area contributed by atoms with Crippen LogP contribution in [0.4, 0.5) is 0 Å². The van der Waals surface area contributed by atoms with Crippen LogP contribution in [0, 0.1) is 0 Å². The molecule has 1 aromatic rings. The molecule has 0 aromatic carbocycles. The summed E-state index contributed by atoms with van der Waals surface area (Å²) in [5.41, 5.74) is 1.05. The van der Waals surface area contributed by atoms with Gasteiger partial charge in [-0.25, -0.2) is 0 Å². The van der Waals surface area contributed by atoms with Gasteiger partial charge in [0.2, 0.25) is 0 Å². The molecular weight excluding hydrogens is 258 g/mol. The molecule has 1 aromatic heterocycles. The molecule has 0 bridgehead atoms. The van der Waals surface area contributed by atoms with E-state index in [4.69, 9.17) is 9.15 Å². The molecule has 1 rings (SSSR count). The first-order valence-electron chi connectivity index (χ1n) is 4.85. The fourth-order valence-electron chi connectivity index (χ4n) is 1.05. The van der Waals surface area contributed by atoms with Crippen molar-refractivity contribution in [3.05, 3.63) is 34.7 Å². The van der Waals surface area contributed by atoms with E-state index in [1.807, 2.05) is 19.1 Å². The monoisotopic (exact) mass is 273 g/mol. The van der Waals surface area contributed by atoms with Gasteiger partial charge in [0, 0.05) is 6.54 Å². The minimum Gasteiger partial charge on any atom is -0.453 e. The zero-order valence-electron chi connectivity index (χ0n) is 8.88. The van der Waals surface area contributed by atoms with Crippen LogP contribution in [0.25, 0.3) is 0 Å². The maximum atomic E-state index is 5.34. The standard InChI is InChI=1S/C11H16BrNO2/c1-9(2)8-14-6-5-13-7-10-3-4-11(12)15-10/h3-4,13H,1,5-8H2,2H3. The van der Waals surface area contributed by atoms with E-state index < -0.39 is 0 Å². The van der Waals surface area contributed by atoms with Crippen molar-refractivity contribution in [1.82, 2.24) is 5.32 Å². The zero-order valence-corrected chi connectivity index (χ0v) is 10.5. The normalized spacial score (nSPS) is 10.5. The number of ether oxygens (including phenoxy) is 1. The van der Waals surface area contributed by atoms with Crippen molar-refractivity contribution in [3.63, 3.8) is 0 Å². The summed E-state index contributed by atoms with van der Waals surface area (Å²) in [6.45, 7) is 8.57. The van der Waals surface area contributed by atoms with Crippen molar-refractivity contribution in [2.24, 2.45) is 0 Å². The largest absolute Gasteiger partial charge is 0.453 e. The van der Waals surface area contributed by atoms with E-state index in [-0.39, 0.29) is 0 Å². The highest BCUT2D eigenvalue weighted by atomic mass is 79.9. The highest BCUT2D eigenvalue weighted by molar-refractivity contribution is 9.10. The predicted octanol–water partition coefficient (Wildman–Crippen LogP) is 2.72. The highest BCUT2D eigenvalue weighted by Gasteiger charge is 1.97. The third-order valence-corrected chi connectivity index (χ3v) is 2.13. The van der Waals surface area contributed by atoms with Gasteiger partial charge in [0.15, 0.2) is 4.67 Å². The first-order chi connectivity index (χ1) is 7.18. The van der Waals surface area contributed by atoms with Crippen LogP contribution in [0.15, 0.2) is 33.4 Å². The van der Waals surface area contributed by atoms with Crippen LogP contribution in [0.2, 0.25) is 0 Å². The van der Waals surface area contributed by atoms with Crippen molar-refractivity contribution in [3.8, 4) is 0 Å². The number of halogens is 1. The SMILES string of the molecule is C=C(C)COCCNCc1ccc(Br)o1. The molecular formula is C11H16BrNO2. The summed E-state index contributed by atoms with van der Waals surface area (Å²) < 4.78 is 11.4. The lowest BCUT2D eigenvalue weighted by atomic mass is 10.4. The maximum absolute atomic E-state index is 5.34. The van der Waals surface area contributed by atoms with Crippen molar-refractivity contribution in [2.45, 2.75) is 13.5 Å². The van der Waals surface area contributed by atoms with Crippen LogP contribution >= 0.6 is 15.9 Å². The minimum atomic E-state index is 0.633. The zero-order chi connectivity index (χ0) is 11.1. The first kappa shape index (κ1) is 12.5. The number of nitrogens with one attached hydrogen (secondary N) is 1. The maximum Gasteiger partial charge on any atom is 0.169 e. The molecule has 84 valence electrons. The molecule has 15 heavy (non-hydrogen) atoms. The molecule has 3 nitrogen and oxygen atoms in total. The van der Waals surface area contributed by atoms with Crippen molar-refractivity contribution in [1.29, 1.82) is 0 Å². The van der Waals surface area contributed by atoms with Crippen LogP contribution < -0.4 is 5.32 Å². The van der Waals surface area contributed by atoms with Crippen molar-refractivity contribution < 1.29 is 9.15 Å². The average Bonchev–Trinajstić information content (AvgIpc) is 2.57. The third kappa shape index (κ3) is 5.77. The van der Waals surface area contributed by atoms with E-state index in [0.29, 0.717) is 13.2 Å². The van der Waals surface area contributed by atoms with Gasteiger partial charge in [-0.2, -0.15) is 0 Å². The van der Waals surface area contributed by atoms with E-state index in [9.17, 15) is 0 Å². The second-order valence-corrected chi connectivity index (χ2v) is 4.17. The number of rotatable bonds is 7. The molecule has 0 saturated heterocycles. The van der Waals surface area contributed by atoms with E-state index in [2.05, 4.69) is 27.8 Å². The van der Waals surface area contributed by atoms with Crippen LogP contribution in [0.5, 0.6) is 0 Å². The van der Waals surface area contributed by atoms with Gasteiger partial charge in [-0.3, -0.25) is 0 Å². The van der Waals surface area contributed by atoms with E-state index in [1.54, 1.807) is 0 Å². The summed E-state index contributed by atoms with van der Waals surface area (Å²) in [6.07, 6.45) is 0. The Morgan fingerprint density at radius 3 is 3.00 bits per heavy atom. The van der Waals surface area contributed by atoms with Gasteiger partial charge in [-0.05, 0) is 35.0 Å². The Kier molecular flexibility index (Phi) is 5.68. The summed E-state index contributed by atoms with van der Waals surface area (Å²) in [6, 6.07) is 3.82. The second kappa shape index (κ2) is 6.82. The molecule has 0 aliphatic carbocycles. The predicted molar refractivity (Wildman–Crippen MR) is 63.7 cm³/mol. The van der Waals surface area contributed by atoms with E-state index in [0.717, 1.165) is 29.1 Å². The Morgan fingerprint density at radius 1 is 1.60 bits per heavy atom. The lowest BCUT2D eigenvalue weighted by molar-refractivity contribution is 0.157. The molecule has 0 aliphatic heterocycles. The smallest absolute Gasteiger partial charge is 0.169 e. The van der Waals surface area contributed by atoms with E-state index >= 15 is 0 Å². The fourth-order valence-corrected chi connectivity index (χ4v) is 1.39. The molecule has 1 heterocycles. The van der Waals surface area contributed by atoms with Crippen LogP contribution in [0.3, 0.4) is 0 Å². The van der Waals surface area contributed by atoms with Gasteiger partial charge in [0.05, 0.1) is 19.8 Å². The molecule has 4 heteroatoms.